The third kappa shape index (κ3) is 4.07. The molecule has 1 amide bonds. The van der Waals surface area contributed by atoms with Gasteiger partial charge in [-0.2, -0.15) is 23.5 Å². The molecule has 25 heavy (non-hydrogen) atoms. The quantitative estimate of drug-likeness (QED) is 0.680. The van der Waals surface area contributed by atoms with E-state index in [2.05, 4.69) is 10.4 Å². The van der Waals surface area contributed by atoms with E-state index >= 15 is 0 Å². The molecule has 1 aromatic carbocycles. The fraction of sp³-hybridized carbons (Fsp3) is 0.235. The molecule has 1 heterocycles. The van der Waals surface area contributed by atoms with Gasteiger partial charge in [0.2, 0.25) is 0 Å². The minimum atomic E-state index is -4.52. The number of carbonyl (C=O) groups excluding carboxylic acids is 1. The highest BCUT2D eigenvalue weighted by atomic mass is 19.4. The van der Waals surface area contributed by atoms with Gasteiger partial charge < -0.3 is 5.32 Å². The molecule has 1 aromatic heterocycles. The lowest BCUT2D eigenvalue weighted by Crippen LogP contribution is -2.14. The van der Waals surface area contributed by atoms with Crippen LogP contribution in [-0.4, -0.2) is 15.7 Å². The number of aryl methyl sites for hydroxylation is 2. The summed E-state index contributed by atoms with van der Waals surface area (Å²) < 4.78 is 39.8. The summed E-state index contributed by atoms with van der Waals surface area (Å²) in [7, 11) is 1.73. The van der Waals surface area contributed by atoms with Gasteiger partial charge in [0, 0.05) is 24.0 Å². The summed E-state index contributed by atoms with van der Waals surface area (Å²) in [4.78, 5) is 12.2. The Morgan fingerprint density at radius 3 is 2.56 bits per heavy atom. The van der Waals surface area contributed by atoms with Crippen LogP contribution in [-0.2, 0) is 18.0 Å². The number of halogens is 3. The van der Waals surface area contributed by atoms with Gasteiger partial charge >= 0.3 is 6.18 Å². The highest BCUT2D eigenvalue weighted by Crippen LogP contribution is 2.30. The number of rotatable bonds is 3. The number of amides is 1. The number of hydrogen-bond donors (Lipinski definition) is 1. The van der Waals surface area contributed by atoms with Crippen LogP contribution in [0.3, 0.4) is 0 Å². The fourth-order valence-corrected chi connectivity index (χ4v) is 2.26. The average molecular weight is 348 g/mol. The van der Waals surface area contributed by atoms with Gasteiger partial charge in [-0.05, 0) is 38.1 Å². The van der Waals surface area contributed by atoms with Crippen molar-refractivity contribution in [3.05, 3.63) is 52.4 Å². The highest BCUT2D eigenvalue weighted by Gasteiger charge is 2.30. The van der Waals surface area contributed by atoms with Crippen molar-refractivity contribution in [3.63, 3.8) is 0 Å². The Morgan fingerprint density at radius 2 is 2.04 bits per heavy atom. The molecule has 0 spiro atoms. The molecule has 0 saturated carbocycles. The molecule has 0 radical (unpaired) electrons. The molecule has 0 unspecified atom stereocenters. The van der Waals surface area contributed by atoms with Gasteiger partial charge in [-0.25, -0.2) is 0 Å². The predicted molar refractivity (Wildman–Crippen MR) is 86.3 cm³/mol. The zero-order chi connectivity index (χ0) is 18.8. The van der Waals surface area contributed by atoms with Gasteiger partial charge in [0.15, 0.2) is 0 Å². The molecule has 1 N–H and O–H groups in total. The summed E-state index contributed by atoms with van der Waals surface area (Å²) in [6, 6.07) is 5.99. The fourth-order valence-electron chi connectivity index (χ4n) is 2.26. The standard InChI is InChI=1S/C17H15F3N4O/c1-10-15(11(2)24(3)23-10)7-12(9-21)16(25)22-14-6-4-5-13(8-14)17(18,19)20/h4-8H,1-3H3,(H,22,25)/b12-7+. The van der Waals surface area contributed by atoms with Crippen LogP contribution in [0.15, 0.2) is 29.8 Å². The first-order valence-electron chi connectivity index (χ1n) is 7.24. The second kappa shape index (κ2) is 6.81. The lowest BCUT2D eigenvalue weighted by molar-refractivity contribution is -0.137. The third-order valence-electron chi connectivity index (χ3n) is 3.67. The largest absolute Gasteiger partial charge is 0.416 e. The van der Waals surface area contributed by atoms with Crippen LogP contribution in [0.4, 0.5) is 18.9 Å². The van der Waals surface area contributed by atoms with Crippen LogP contribution in [0.1, 0.15) is 22.5 Å². The van der Waals surface area contributed by atoms with Gasteiger partial charge in [0.1, 0.15) is 11.6 Å². The molecule has 0 saturated heterocycles. The van der Waals surface area contributed by atoms with Crippen molar-refractivity contribution in [1.82, 2.24) is 9.78 Å². The van der Waals surface area contributed by atoms with Gasteiger partial charge in [-0.1, -0.05) is 6.07 Å². The summed E-state index contributed by atoms with van der Waals surface area (Å²) in [5.74, 6) is -0.788. The summed E-state index contributed by atoms with van der Waals surface area (Å²) in [5.41, 5.74) is 0.874. The molecule has 130 valence electrons. The summed E-state index contributed by atoms with van der Waals surface area (Å²) in [5, 5.41) is 15.7. The number of nitrogens with zero attached hydrogens (tertiary/aromatic N) is 3. The van der Waals surface area contributed by atoms with Gasteiger partial charge in [0.05, 0.1) is 11.3 Å². The second-order valence-corrected chi connectivity index (χ2v) is 5.41. The average Bonchev–Trinajstić information content (AvgIpc) is 2.77. The molecule has 2 rings (SSSR count). The predicted octanol–water partition coefficient (Wildman–Crippen LogP) is 3.60. The maximum atomic E-state index is 12.7. The number of anilines is 1. The van der Waals surface area contributed by atoms with Crippen molar-refractivity contribution in [2.45, 2.75) is 20.0 Å². The number of alkyl halides is 3. The maximum absolute atomic E-state index is 12.7. The number of benzene rings is 1. The Kier molecular flexibility index (Phi) is 4.97. The van der Waals surface area contributed by atoms with Crippen molar-refractivity contribution >= 4 is 17.7 Å². The van der Waals surface area contributed by atoms with E-state index in [1.54, 1.807) is 31.6 Å². The first kappa shape index (κ1) is 18.3. The zero-order valence-electron chi connectivity index (χ0n) is 13.8. The van der Waals surface area contributed by atoms with Crippen LogP contribution < -0.4 is 5.32 Å². The van der Waals surface area contributed by atoms with Gasteiger partial charge in [-0.3, -0.25) is 9.48 Å². The number of nitrogens with one attached hydrogen (secondary N) is 1. The summed E-state index contributed by atoms with van der Waals surface area (Å²) in [6.45, 7) is 3.52. The van der Waals surface area contributed by atoms with Crippen molar-refractivity contribution in [1.29, 1.82) is 5.26 Å². The maximum Gasteiger partial charge on any atom is 0.416 e. The Balaban J connectivity index is 2.30. The smallest absolute Gasteiger partial charge is 0.321 e. The van der Waals surface area contributed by atoms with Crippen LogP contribution in [0.5, 0.6) is 0 Å². The number of carbonyl (C=O) groups is 1. The SMILES string of the molecule is Cc1nn(C)c(C)c1/C=C(\C#N)C(=O)Nc1cccc(C(F)(F)F)c1. The molecule has 0 aliphatic carbocycles. The van der Waals surface area contributed by atoms with E-state index in [0.29, 0.717) is 11.3 Å². The Hall–Kier alpha value is -3.08. The zero-order valence-corrected chi connectivity index (χ0v) is 13.8. The van der Waals surface area contributed by atoms with E-state index in [1.807, 2.05) is 0 Å². The molecule has 0 atom stereocenters. The van der Waals surface area contributed by atoms with E-state index in [1.165, 1.54) is 18.2 Å². The molecular formula is C17H15F3N4O. The highest BCUT2D eigenvalue weighted by molar-refractivity contribution is 6.09. The first-order chi connectivity index (χ1) is 11.6. The summed E-state index contributed by atoms with van der Waals surface area (Å²) >= 11 is 0. The van der Waals surface area contributed by atoms with E-state index in [0.717, 1.165) is 17.8 Å². The molecular weight excluding hydrogens is 333 g/mol. The van der Waals surface area contributed by atoms with E-state index in [9.17, 15) is 23.2 Å². The van der Waals surface area contributed by atoms with Gasteiger partial charge in [-0.15, -0.1) is 0 Å². The topological polar surface area (TPSA) is 70.7 Å². The third-order valence-corrected chi connectivity index (χ3v) is 3.67. The van der Waals surface area contributed by atoms with E-state index in [4.69, 9.17) is 0 Å². The number of nitriles is 1. The Morgan fingerprint density at radius 1 is 1.36 bits per heavy atom. The lowest BCUT2D eigenvalue weighted by atomic mass is 10.1. The lowest BCUT2D eigenvalue weighted by Gasteiger charge is -2.09. The van der Waals surface area contributed by atoms with Crippen molar-refractivity contribution in [2.75, 3.05) is 5.32 Å². The minimum Gasteiger partial charge on any atom is -0.321 e. The Labute approximate surface area is 142 Å². The molecule has 2 aromatic rings. The molecule has 0 aliphatic heterocycles. The number of aromatic nitrogens is 2. The molecule has 0 fully saturated rings. The van der Waals surface area contributed by atoms with Crippen LogP contribution in [0.25, 0.3) is 6.08 Å². The normalized spacial score (nSPS) is 12.0. The van der Waals surface area contributed by atoms with Gasteiger partial charge in [0.25, 0.3) is 5.91 Å². The van der Waals surface area contributed by atoms with E-state index < -0.39 is 17.6 Å². The van der Waals surface area contributed by atoms with Crippen LogP contribution in [0, 0.1) is 25.2 Å². The second-order valence-electron chi connectivity index (χ2n) is 5.41. The van der Waals surface area contributed by atoms with Crippen molar-refractivity contribution in [3.8, 4) is 6.07 Å². The Bertz CT molecular complexity index is 888. The van der Waals surface area contributed by atoms with E-state index in [-0.39, 0.29) is 11.3 Å². The molecule has 8 heteroatoms. The monoisotopic (exact) mass is 348 g/mol. The molecule has 0 aliphatic rings. The van der Waals surface area contributed by atoms with Crippen molar-refractivity contribution < 1.29 is 18.0 Å². The molecule has 5 nitrogen and oxygen atoms in total. The minimum absolute atomic E-state index is 0.0411. The molecule has 0 bridgehead atoms. The van der Waals surface area contributed by atoms with Crippen LogP contribution in [0.2, 0.25) is 0 Å². The van der Waals surface area contributed by atoms with Crippen molar-refractivity contribution in [2.24, 2.45) is 7.05 Å². The summed E-state index contributed by atoms with van der Waals surface area (Å²) in [6.07, 6.45) is -3.14. The van der Waals surface area contributed by atoms with Crippen LogP contribution >= 0.6 is 0 Å². The first-order valence-corrected chi connectivity index (χ1v) is 7.24. The number of hydrogen-bond acceptors (Lipinski definition) is 3.